The normalized spacial score (nSPS) is 11.2. The van der Waals surface area contributed by atoms with Gasteiger partial charge < -0.3 is 10.7 Å². The zero-order chi connectivity index (χ0) is 12.5. The second-order valence-corrected chi connectivity index (χ2v) is 5.42. The Bertz CT molecular complexity index is 665. The number of nitrogens with one attached hydrogen (secondary N) is 1. The summed E-state index contributed by atoms with van der Waals surface area (Å²) in [5.41, 5.74) is 12.0. The SMILES string of the molecule is Cc1[nH]c2c(CCc3ccsc3)cccc2c1N. The number of aryl methyl sites for hydroxylation is 3. The largest absolute Gasteiger partial charge is 0.397 e. The highest BCUT2D eigenvalue weighted by Crippen LogP contribution is 2.27. The molecule has 0 atom stereocenters. The van der Waals surface area contributed by atoms with Gasteiger partial charge in [-0.1, -0.05) is 18.2 Å². The molecule has 0 aliphatic rings. The Balaban J connectivity index is 1.94. The van der Waals surface area contributed by atoms with Gasteiger partial charge in [-0.25, -0.2) is 0 Å². The van der Waals surface area contributed by atoms with Crippen molar-refractivity contribution < 1.29 is 0 Å². The van der Waals surface area contributed by atoms with Gasteiger partial charge in [-0.2, -0.15) is 11.3 Å². The van der Waals surface area contributed by atoms with Crippen molar-refractivity contribution >= 4 is 27.9 Å². The summed E-state index contributed by atoms with van der Waals surface area (Å²) >= 11 is 1.76. The lowest BCUT2D eigenvalue weighted by molar-refractivity contribution is 0.971. The molecule has 3 heteroatoms. The highest BCUT2D eigenvalue weighted by Gasteiger charge is 2.08. The molecule has 3 rings (SSSR count). The molecule has 0 aliphatic heterocycles. The number of benzene rings is 1. The fraction of sp³-hybridized carbons (Fsp3) is 0.200. The van der Waals surface area contributed by atoms with E-state index in [1.165, 1.54) is 16.6 Å². The van der Waals surface area contributed by atoms with E-state index in [0.717, 1.165) is 29.6 Å². The van der Waals surface area contributed by atoms with Gasteiger partial charge in [-0.05, 0) is 47.7 Å². The number of rotatable bonds is 3. The minimum absolute atomic E-state index is 0.877. The van der Waals surface area contributed by atoms with E-state index in [9.17, 15) is 0 Å². The monoisotopic (exact) mass is 256 g/mol. The minimum Gasteiger partial charge on any atom is -0.397 e. The Hall–Kier alpha value is -1.74. The van der Waals surface area contributed by atoms with E-state index >= 15 is 0 Å². The molecule has 0 spiro atoms. The molecule has 92 valence electrons. The molecule has 0 bridgehead atoms. The number of anilines is 1. The van der Waals surface area contributed by atoms with E-state index < -0.39 is 0 Å². The first kappa shape index (κ1) is 11.4. The molecule has 0 saturated carbocycles. The number of hydrogen-bond acceptors (Lipinski definition) is 2. The minimum atomic E-state index is 0.877. The lowest BCUT2D eigenvalue weighted by Crippen LogP contribution is -1.91. The Labute approximate surface area is 110 Å². The Morgan fingerprint density at radius 3 is 2.89 bits per heavy atom. The molecule has 0 radical (unpaired) electrons. The van der Waals surface area contributed by atoms with Crippen molar-refractivity contribution in [3.05, 3.63) is 51.8 Å². The maximum Gasteiger partial charge on any atom is 0.0602 e. The van der Waals surface area contributed by atoms with Crippen molar-refractivity contribution in [3.63, 3.8) is 0 Å². The van der Waals surface area contributed by atoms with Gasteiger partial charge in [0.15, 0.2) is 0 Å². The molecular formula is C15H16N2S. The zero-order valence-electron chi connectivity index (χ0n) is 10.4. The van der Waals surface area contributed by atoms with Gasteiger partial charge in [0.2, 0.25) is 0 Å². The number of fused-ring (bicyclic) bond motifs is 1. The van der Waals surface area contributed by atoms with Gasteiger partial charge >= 0.3 is 0 Å². The van der Waals surface area contributed by atoms with Gasteiger partial charge in [0, 0.05) is 11.1 Å². The summed E-state index contributed by atoms with van der Waals surface area (Å²) < 4.78 is 0. The standard InChI is InChI=1S/C15H16N2S/c1-10-14(16)13-4-2-3-12(15(13)17-10)6-5-11-7-8-18-9-11/h2-4,7-9,17H,5-6,16H2,1H3. The molecule has 0 amide bonds. The van der Waals surface area contributed by atoms with Crippen LogP contribution in [-0.4, -0.2) is 4.98 Å². The molecule has 0 unspecified atom stereocenters. The van der Waals surface area contributed by atoms with Crippen LogP contribution in [0, 0.1) is 6.92 Å². The summed E-state index contributed by atoms with van der Waals surface area (Å²) in [6.07, 6.45) is 2.13. The third-order valence-corrected chi connectivity index (χ3v) is 4.15. The van der Waals surface area contributed by atoms with Crippen molar-refractivity contribution in [2.24, 2.45) is 0 Å². The Morgan fingerprint density at radius 2 is 2.11 bits per heavy atom. The molecular weight excluding hydrogens is 240 g/mol. The molecule has 0 saturated heterocycles. The van der Waals surface area contributed by atoms with Crippen LogP contribution in [0.25, 0.3) is 10.9 Å². The fourth-order valence-electron chi connectivity index (χ4n) is 2.35. The number of thiophene rings is 1. The topological polar surface area (TPSA) is 41.8 Å². The van der Waals surface area contributed by atoms with Crippen LogP contribution in [0.5, 0.6) is 0 Å². The number of nitrogen functional groups attached to an aromatic ring is 1. The first-order valence-electron chi connectivity index (χ1n) is 6.12. The molecule has 2 nitrogen and oxygen atoms in total. The number of nitrogens with two attached hydrogens (primary N) is 1. The van der Waals surface area contributed by atoms with Crippen molar-refractivity contribution in [2.45, 2.75) is 19.8 Å². The second-order valence-electron chi connectivity index (χ2n) is 4.63. The fourth-order valence-corrected chi connectivity index (χ4v) is 3.05. The molecule has 2 aromatic heterocycles. The van der Waals surface area contributed by atoms with E-state index in [2.05, 4.69) is 40.0 Å². The maximum absolute atomic E-state index is 6.07. The van der Waals surface area contributed by atoms with E-state index in [0.29, 0.717) is 0 Å². The molecule has 0 fully saturated rings. The van der Waals surface area contributed by atoms with Crippen LogP contribution in [0.3, 0.4) is 0 Å². The van der Waals surface area contributed by atoms with Gasteiger partial charge in [0.25, 0.3) is 0 Å². The first-order chi connectivity index (χ1) is 8.75. The van der Waals surface area contributed by atoms with Crippen molar-refractivity contribution in [3.8, 4) is 0 Å². The smallest absolute Gasteiger partial charge is 0.0602 e. The summed E-state index contributed by atoms with van der Waals surface area (Å²) in [7, 11) is 0. The first-order valence-corrected chi connectivity index (χ1v) is 7.06. The summed E-state index contributed by atoms with van der Waals surface area (Å²) in [6.45, 7) is 2.03. The van der Waals surface area contributed by atoms with Crippen LogP contribution >= 0.6 is 11.3 Å². The predicted octanol–water partition coefficient (Wildman–Crippen LogP) is 3.91. The van der Waals surface area contributed by atoms with Crippen LogP contribution in [-0.2, 0) is 12.8 Å². The van der Waals surface area contributed by atoms with Gasteiger partial charge in [0.05, 0.1) is 11.2 Å². The molecule has 0 aliphatic carbocycles. The van der Waals surface area contributed by atoms with Crippen molar-refractivity contribution in [1.29, 1.82) is 0 Å². The van der Waals surface area contributed by atoms with E-state index in [-0.39, 0.29) is 0 Å². The molecule has 3 aromatic rings. The van der Waals surface area contributed by atoms with Crippen LogP contribution in [0.4, 0.5) is 5.69 Å². The summed E-state index contributed by atoms with van der Waals surface area (Å²) in [6, 6.07) is 8.56. The third-order valence-electron chi connectivity index (χ3n) is 3.42. The predicted molar refractivity (Wildman–Crippen MR) is 79.2 cm³/mol. The van der Waals surface area contributed by atoms with Crippen LogP contribution in [0.15, 0.2) is 35.0 Å². The molecule has 18 heavy (non-hydrogen) atoms. The number of hydrogen-bond donors (Lipinski definition) is 2. The van der Waals surface area contributed by atoms with Gasteiger partial charge in [-0.3, -0.25) is 0 Å². The van der Waals surface area contributed by atoms with E-state index in [4.69, 9.17) is 5.73 Å². The molecule has 2 heterocycles. The van der Waals surface area contributed by atoms with Gasteiger partial charge in [-0.15, -0.1) is 0 Å². The molecule has 1 aromatic carbocycles. The number of aromatic amines is 1. The van der Waals surface area contributed by atoms with E-state index in [1.807, 2.05) is 6.92 Å². The average Bonchev–Trinajstić information content (AvgIpc) is 2.98. The van der Waals surface area contributed by atoms with E-state index in [1.54, 1.807) is 11.3 Å². The quantitative estimate of drug-likeness (QED) is 0.733. The molecule has 3 N–H and O–H groups in total. The third kappa shape index (κ3) is 1.91. The summed E-state index contributed by atoms with van der Waals surface area (Å²) in [5.74, 6) is 0. The highest BCUT2D eigenvalue weighted by atomic mass is 32.1. The van der Waals surface area contributed by atoms with Crippen molar-refractivity contribution in [1.82, 2.24) is 4.98 Å². The summed E-state index contributed by atoms with van der Waals surface area (Å²) in [5, 5.41) is 5.50. The summed E-state index contributed by atoms with van der Waals surface area (Å²) in [4.78, 5) is 3.40. The zero-order valence-corrected chi connectivity index (χ0v) is 11.2. The number of para-hydroxylation sites is 1. The Morgan fingerprint density at radius 1 is 1.22 bits per heavy atom. The van der Waals surface area contributed by atoms with Crippen LogP contribution < -0.4 is 5.73 Å². The lowest BCUT2D eigenvalue weighted by atomic mass is 10.0. The second kappa shape index (κ2) is 4.50. The highest BCUT2D eigenvalue weighted by molar-refractivity contribution is 7.07. The number of aromatic nitrogens is 1. The van der Waals surface area contributed by atoms with Crippen LogP contribution in [0.1, 0.15) is 16.8 Å². The maximum atomic E-state index is 6.07. The number of H-pyrrole nitrogens is 1. The Kier molecular flexibility index (Phi) is 2.84. The average molecular weight is 256 g/mol. The lowest BCUT2D eigenvalue weighted by Gasteiger charge is -2.02. The van der Waals surface area contributed by atoms with Gasteiger partial charge in [0.1, 0.15) is 0 Å². The van der Waals surface area contributed by atoms with Crippen molar-refractivity contribution in [2.75, 3.05) is 5.73 Å². The van der Waals surface area contributed by atoms with Crippen LogP contribution in [0.2, 0.25) is 0 Å².